The number of carbonyl (C=O) groups excluding carboxylic acids is 1. The second kappa shape index (κ2) is 7.57. The highest BCUT2D eigenvalue weighted by atomic mass is 16.5. The zero-order chi connectivity index (χ0) is 18.5. The third-order valence-corrected chi connectivity index (χ3v) is 4.01. The lowest BCUT2D eigenvalue weighted by Gasteiger charge is -2.20. The van der Waals surface area contributed by atoms with Gasteiger partial charge in [0.15, 0.2) is 0 Å². The number of carbonyl (C=O) groups is 1. The molecule has 0 spiro atoms. The summed E-state index contributed by atoms with van der Waals surface area (Å²) in [4.78, 5) is 16.7. The van der Waals surface area contributed by atoms with Gasteiger partial charge in [-0.1, -0.05) is 18.2 Å². The van der Waals surface area contributed by atoms with E-state index in [1.165, 1.54) is 18.2 Å². The number of phenolic OH excluding ortho intramolecular Hbond substituents is 2. The van der Waals surface area contributed by atoms with Crippen LogP contribution in [0.15, 0.2) is 67.0 Å². The number of pyridine rings is 1. The van der Waals surface area contributed by atoms with Crippen molar-refractivity contribution in [2.24, 2.45) is 0 Å². The van der Waals surface area contributed by atoms with Crippen LogP contribution in [-0.4, -0.2) is 28.2 Å². The summed E-state index contributed by atoms with van der Waals surface area (Å²) in [5.74, 6) is -0.457. The molecule has 3 aromatic rings. The van der Waals surface area contributed by atoms with E-state index in [1.54, 1.807) is 43.8 Å². The van der Waals surface area contributed by atoms with Crippen molar-refractivity contribution in [1.29, 1.82) is 0 Å². The molecule has 6 heteroatoms. The van der Waals surface area contributed by atoms with Crippen LogP contribution in [0.25, 0.3) is 0 Å². The molecule has 0 saturated heterocycles. The van der Waals surface area contributed by atoms with Crippen LogP contribution in [0.1, 0.15) is 27.5 Å². The maximum absolute atomic E-state index is 12.7. The highest BCUT2D eigenvalue weighted by molar-refractivity contribution is 5.99. The van der Waals surface area contributed by atoms with Gasteiger partial charge in [-0.2, -0.15) is 0 Å². The topological polar surface area (TPSA) is 91.7 Å². The summed E-state index contributed by atoms with van der Waals surface area (Å²) in [5.41, 5.74) is 1.47. The highest BCUT2D eigenvalue weighted by Crippen LogP contribution is 2.29. The Hall–Kier alpha value is -3.54. The number of nitrogens with one attached hydrogen (secondary N) is 1. The van der Waals surface area contributed by atoms with Crippen LogP contribution in [0.2, 0.25) is 0 Å². The van der Waals surface area contributed by atoms with Crippen LogP contribution in [-0.2, 0) is 0 Å². The average Bonchev–Trinajstić information content (AvgIpc) is 2.67. The molecule has 132 valence electrons. The minimum absolute atomic E-state index is 0.167. The molecule has 1 atom stereocenters. The van der Waals surface area contributed by atoms with E-state index in [0.717, 1.165) is 11.1 Å². The molecule has 0 fully saturated rings. The van der Waals surface area contributed by atoms with Gasteiger partial charge in [0.25, 0.3) is 5.91 Å². The summed E-state index contributed by atoms with van der Waals surface area (Å²) < 4.78 is 5.17. The lowest BCUT2D eigenvalue weighted by Crippen LogP contribution is -2.29. The van der Waals surface area contributed by atoms with Gasteiger partial charge < -0.3 is 20.3 Å². The van der Waals surface area contributed by atoms with Crippen molar-refractivity contribution in [1.82, 2.24) is 10.3 Å². The number of aromatic nitrogens is 1. The number of benzene rings is 2. The number of rotatable bonds is 5. The fourth-order valence-electron chi connectivity index (χ4n) is 2.68. The monoisotopic (exact) mass is 350 g/mol. The summed E-state index contributed by atoms with van der Waals surface area (Å²) in [6.07, 6.45) is 3.27. The molecule has 1 aromatic heterocycles. The van der Waals surface area contributed by atoms with Gasteiger partial charge in [0.1, 0.15) is 22.8 Å². The zero-order valence-corrected chi connectivity index (χ0v) is 14.1. The molecular formula is C20H18N2O4. The smallest absolute Gasteiger partial charge is 0.259 e. The van der Waals surface area contributed by atoms with Gasteiger partial charge in [0.05, 0.1) is 13.2 Å². The molecule has 0 aliphatic carbocycles. The quantitative estimate of drug-likeness (QED) is 0.658. The molecule has 3 N–H and O–H groups in total. The molecule has 1 amide bonds. The van der Waals surface area contributed by atoms with Crippen molar-refractivity contribution in [2.45, 2.75) is 6.04 Å². The Bertz CT molecular complexity index is 875. The number of hydrogen-bond acceptors (Lipinski definition) is 5. The maximum atomic E-state index is 12.7. The second-order valence-corrected chi connectivity index (χ2v) is 5.63. The third-order valence-electron chi connectivity index (χ3n) is 4.01. The van der Waals surface area contributed by atoms with Gasteiger partial charge >= 0.3 is 0 Å². The summed E-state index contributed by atoms with van der Waals surface area (Å²) in [6.45, 7) is 0. The summed E-state index contributed by atoms with van der Waals surface area (Å²) in [7, 11) is 1.58. The van der Waals surface area contributed by atoms with Crippen molar-refractivity contribution in [3.05, 3.63) is 83.7 Å². The molecule has 0 aliphatic rings. The van der Waals surface area contributed by atoms with E-state index < -0.39 is 11.9 Å². The van der Waals surface area contributed by atoms with E-state index in [2.05, 4.69) is 10.3 Å². The predicted molar refractivity (Wildman–Crippen MR) is 96.3 cm³/mol. The Labute approximate surface area is 150 Å². The van der Waals surface area contributed by atoms with Crippen molar-refractivity contribution >= 4 is 5.91 Å². The van der Waals surface area contributed by atoms with Gasteiger partial charge in [0, 0.05) is 12.4 Å². The molecule has 0 radical (unpaired) electrons. The number of ether oxygens (including phenoxy) is 1. The Morgan fingerprint density at radius 2 is 1.54 bits per heavy atom. The number of amides is 1. The molecular weight excluding hydrogens is 332 g/mol. The van der Waals surface area contributed by atoms with E-state index >= 15 is 0 Å². The fourth-order valence-corrected chi connectivity index (χ4v) is 2.68. The first kappa shape index (κ1) is 17.3. The number of methoxy groups -OCH3 is 1. The van der Waals surface area contributed by atoms with Gasteiger partial charge in [-0.3, -0.25) is 9.78 Å². The highest BCUT2D eigenvalue weighted by Gasteiger charge is 2.22. The van der Waals surface area contributed by atoms with E-state index in [1.807, 2.05) is 12.1 Å². The lowest BCUT2D eigenvalue weighted by molar-refractivity contribution is 0.0937. The fraction of sp³-hybridized carbons (Fsp3) is 0.100. The summed E-state index contributed by atoms with van der Waals surface area (Å²) in [6, 6.07) is 14.5. The van der Waals surface area contributed by atoms with Gasteiger partial charge in [0.2, 0.25) is 0 Å². The minimum Gasteiger partial charge on any atom is -0.507 e. The molecule has 0 bridgehead atoms. The molecule has 1 heterocycles. The Balaban J connectivity index is 1.97. The van der Waals surface area contributed by atoms with E-state index in [4.69, 9.17) is 4.74 Å². The van der Waals surface area contributed by atoms with E-state index in [0.29, 0.717) is 5.75 Å². The molecule has 0 saturated carbocycles. The van der Waals surface area contributed by atoms with Crippen molar-refractivity contribution < 1.29 is 19.7 Å². The number of phenols is 2. The first-order valence-electron chi connectivity index (χ1n) is 7.96. The van der Waals surface area contributed by atoms with Crippen LogP contribution < -0.4 is 10.1 Å². The van der Waals surface area contributed by atoms with Crippen LogP contribution in [0.4, 0.5) is 0 Å². The zero-order valence-electron chi connectivity index (χ0n) is 14.1. The minimum atomic E-state index is -0.585. The van der Waals surface area contributed by atoms with Crippen LogP contribution in [0, 0.1) is 0 Å². The summed E-state index contributed by atoms with van der Waals surface area (Å²) in [5, 5.41) is 22.7. The Kier molecular flexibility index (Phi) is 5.03. The maximum Gasteiger partial charge on any atom is 0.259 e. The first-order chi connectivity index (χ1) is 12.6. The normalized spacial score (nSPS) is 11.6. The third kappa shape index (κ3) is 3.59. The largest absolute Gasteiger partial charge is 0.507 e. The van der Waals surface area contributed by atoms with Crippen LogP contribution in [0.3, 0.4) is 0 Å². The number of hydrogen-bond donors (Lipinski definition) is 3. The molecule has 0 unspecified atom stereocenters. The first-order valence-corrected chi connectivity index (χ1v) is 7.96. The molecule has 0 aliphatic heterocycles. The Morgan fingerprint density at radius 1 is 0.962 bits per heavy atom. The van der Waals surface area contributed by atoms with E-state index in [9.17, 15) is 15.0 Å². The lowest BCUT2D eigenvalue weighted by atomic mass is 9.98. The van der Waals surface area contributed by atoms with Gasteiger partial charge in [-0.15, -0.1) is 0 Å². The van der Waals surface area contributed by atoms with Gasteiger partial charge in [-0.05, 0) is 47.5 Å². The van der Waals surface area contributed by atoms with Crippen molar-refractivity contribution in [2.75, 3.05) is 7.11 Å². The van der Waals surface area contributed by atoms with Crippen molar-refractivity contribution in [3.63, 3.8) is 0 Å². The van der Waals surface area contributed by atoms with Gasteiger partial charge in [-0.25, -0.2) is 0 Å². The average molecular weight is 350 g/mol. The molecule has 6 nitrogen and oxygen atoms in total. The SMILES string of the molecule is COc1ccc([C@@H](NC(=O)c2c(O)cccc2O)c2ccncc2)cc1. The number of aromatic hydroxyl groups is 2. The molecule has 26 heavy (non-hydrogen) atoms. The predicted octanol–water partition coefficient (Wildman–Crippen LogP) is 3.02. The van der Waals surface area contributed by atoms with Crippen molar-refractivity contribution in [3.8, 4) is 17.2 Å². The Morgan fingerprint density at radius 3 is 2.12 bits per heavy atom. The molecule has 2 aromatic carbocycles. The second-order valence-electron chi connectivity index (χ2n) is 5.63. The van der Waals surface area contributed by atoms with E-state index in [-0.39, 0.29) is 17.1 Å². The van der Waals surface area contributed by atoms with Crippen LogP contribution in [0.5, 0.6) is 17.2 Å². The number of nitrogens with zero attached hydrogens (tertiary/aromatic N) is 1. The summed E-state index contributed by atoms with van der Waals surface area (Å²) >= 11 is 0. The van der Waals surface area contributed by atoms with Crippen LogP contribution >= 0.6 is 0 Å². The molecule has 3 rings (SSSR count). The standard InChI is InChI=1S/C20H18N2O4/c1-26-15-7-5-13(6-8-15)19(14-9-11-21-12-10-14)22-20(25)18-16(23)3-2-4-17(18)24/h2-12,19,23-24H,1H3,(H,22,25)/t19-/m1/s1.